The molecule has 3 aromatic carbocycles. The lowest BCUT2D eigenvalue weighted by atomic mass is 10.2. The molecule has 0 atom stereocenters. The third kappa shape index (κ3) is 6.37. The number of benzene rings is 3. The SMILES string of the molecule is O=C(CN(Cc1ccccc1F)S(=O)(=O)c1ccc(Cl)cc1)N/N=C\c1ccc(Cl)cc1. The molecule has 0 aliphatic carbocycles. The van der Waals surface area contributed by atoms with Gasteiger partial charge in [0.2, 0.25) is 10.0 Å². The number of amides is 1. The summed E-state index contributed by atoms with van der Waals surface area (Å²) in [4.78, 5) is 12.4. The van der Waals surface area contributed by atoms with Crippen LogP contribution in [0.4, 0.5) is 4.39 Å². The number of hydrogen-bond donors (Lipinski definition) is 1. The Bertz CT molecular complexity index is 1220. The van der Waals surface area contributed by atoms with Crippen LogP contribution in [-0.4, -0.2) is 31.4 Å². The molecule has 0 aliphatic heterocycles. The van der Waals surface area contributed by atoms with Crippen LogP contribution in [0.25, 0.3) is 0 Å². The first kappa shape index (κ1) is 23.9. The summed E-state index contributed by atoms with van der Waals surface area (Å²) in [5.41, 5.74) is 3.10. The predicted molar refractivity (Wildman–Crippen MR) is 123 cm³/mol. The molecule has 0 saturated heterocycles. The molecule has 0 spiro atoms. The summed E-state index contributed by atoms with van der Waals surface area (Å²) in [5, 5.41) is 4.75. The van der Waals surface area contributed by atoms with Crippen molar-refractivity contribution < 1.29 is 17.6 Å². The summed E-state index contributed by atoms with van der Waals surface area (Å²) in [6, 6.07) is 18.0. The lowest BCUT2D eigenvalue weighted by molar-refractivity contribution is -0.121. The largest absolute Gasteiger partial charge is 0.272 e. The average Bonchev–Trinajstić information content (AvgIpc) is 2.76. The third-order valence-electron chi connectivity index (χ3n) is 4.35. The summed E-state index contributed by atoms with van der Waals surface area (Å²) in [7, 11) is -4.13. The van der Waals surface area contributed by atoms with Gasteiger partial charge in [0.15, 0.2) is 0 Å². The molecule has 0 aromatic heterocycles. The number of nitrogens with zero attached hydrogens (tertiary/aromatic N) is 2. The first-order valence-electron chi connectivity index (χ1n) is 9.32. The van der Waals surface area contributed by atoms with E-state index in [2.05, 4.69) is 10.5 Å². The van der Waals surface area contributed by atoms with Crippen LogP contribution in [0.5, 0.6) is 0 Å². The normalized spacial score (nSPS) is 11.8. The second kappa shape index (κ2) is 10.7. The molecular formula is C22H18Cl2FN3O3S. The van der Waals surface area contributed by atoms with Gasteiger partial charge in [-0.3, -0.25) is 4.79 Å². The van der Waals surface area contributed by atoms with Crippen molar-refractivity contribution in [1.29, 1.82) is 0 Å². The van der Waals surface area contributed by atoms with Gasteiger partial charge in [0.05, 0.1) is 17.7 Å². The molecule has 0 saturated carbocycles. The highest BCUT2D eigenvalue weighted by Gasteiger charge is 2.27. The van der Waals surface area contributed by atoms with E-state index >= 15 is 0 Å². The Morgan fingerprint density at radius 3 is 2.19 bits per heavy atom. The molecular weight excluding hydrogens is 476 g/mol. The maximum Gasteiger partial charge on any atom is 0.255 e. The Morgan fingerprint density at radius 2 is 1.56 bits per heavy atom. The number of nitrogens with one attached hydrogen (secondary N) is 1. The Kier molecular flexibility index (Phi) is 7.98. The molecule has 166 valence electrons. The van der Waals surface area contributed by atoms with Crippen molar-refractivity contribution in [3.05, 3.63) is 99.8 Å². The van der Waals surface area contributed by atoms with Gasteiger partial charge in [0, 0.05) is 22.2 Å². The monoisotopic (exact) mass is 493 g/mol. The number of sulfonamides is 1. The fourth-order valence-corrected chi connectivity index (χ4v) is 4.35. The lowest BCUT2D eigenvalue weighted by Gasteiger charge is -2.21. The first-order chi connectivity index (χ1) is 15.3. The summed E-state index contributed by atoms with van der Waals surface area (Å²) >= 11 is 11.7. The van der Waals surface area contributed by atoms with Crippen molar-refractivity contribution in [2.45, 2.75) is 11.4 Å². The lowest BCUT2D eigenvalue weighted by Crippen LogP contribution is -2.39. The minimum Gasteiger partial charge on any atom is -0.272 e. The molecule has 0 fully saturated rings. The number of carbonyl (C=O) groups is 1. The standard InChI is InChI=1S/C22H18Cl2FN3O3S/c23-18-7-5-16(6-8-18)13-26-27-22(29)15-28(14-17-3-1-2-4-21(17)25)32(30,31)20-11-9-19(24)10-12-20/h1-13H,14-15H2,(H,27,29)/b26-13-. The molecule has 6 nitrogen and oxygen atoms in total. The van der Waals surface area contributed by atoms with E-state index in [0.717, 1.165) is 4.31 Å². The predicted octanol–water partition coefficient (Wildman–Crippen LogP) is 4.47. The van der Waals surface area contributed by atoms with Crippen LogP contribution in [0, 0.1) is 5.82 Å². The van der Waals surface area contributed by atoms with E-state index in [-0.39, 0.29) is 17.0 Å². The van der Waals surface area contributed by atoms with E-state index in [1.54, 1.807) is 30.3 Å². The molecule has 3 rings (SSSR count). The maximum absolute atomic E-state index is 14.2. The number of carbonyl (C=O) groups excluding carboxylic acids is 1. The zero-order valence-corrected chi connectivity index (χ0v) is 18.9. The molecule has 1 amide bonds. The highest BCUT2D eigenvalue weighted by molar-refractivity contribution is 7.89. The van der Waals surface area contributed by atoms with Gasteiger partial charge < -0.3 is 0 Å². The first-order valence-corrected chi connectivity index (χ1v) is 11.5. The van der Waals surface area contributed by atoms with Gasteiger partial charge in [0.25, 0.3) is 5.91 Å². The van der Waals surface area contributed by atoms with E-state index in [1.807, 2.05) is 0 Å². The molecule has 3 aromatic rings. The molecule has 0 heterocycles. The van der Waals surface area contributed by atoms with Gasteiger partial charge in [-0.05, 0) is 48.0 Å². The van der Waals surface area contributed by atoms with Crippen LogP contribution >= 0.6 is 23.2 Å². The third-order valence-corrected chi connectivity index (χ3v) is 6.66. The number of hydrazone groups is 1. The van der Waals surface area contributed by atoms with Gasteiger partial charge in [0.1, 0.15) is 5.82 Å². The Morgan fingerprint density at radius 1 is 0.969 bits per heavy atom. The molecule has 1 N–H and O–H groups in total. The van der Waals surface area contributed by atoms with Gasteiger partial charge in [-0.1, -0.05) is 53.5 Å². The quantitative estimate of drug-likeness (QED) is 0.371. The van der Waals surface area contributed by atoms with Gasteiger partial charge in [-0.15, -0.1) is 0 Å². The highest BCUT2D eigenvalue weighted by atomic mass is 35.5. The van der Waals surface area contributed by atoms with E-state index in [4.69, 9.17) is 23.2 Å². The minimum atomic E-state index is -4.13. The summed E-state index contributed by atoms with van der Waals surface area (Å²) < 4.78 is 41.4. The van der Waals surface area contributed by atoms with Gasteiger partial charge >= 0.3 is 0 Å². The maximum atomic E-state index is 14.2. The number of rotatable bonds is 8. The van der Waals surface area contributed by atoms with Crippen molar-refractivity contribution in [2.24, 2.45) is 5.10 Å². The van der Waals surface area contributed by atoms with Crippen LogP contribution < -0.4 is 5.43 Å². The Hall–Kier alpha value is -2.78. The Labute approximate surface area is 195 Å². The van der Waals surface area contributed by atoms with E-state index < -0.39 is 28.3 Å². The Balaban J connectivity index is 1.80. The van der Waals surface area contributed by atoms with Gasteiger partial charge in [-0.25, -0.2) is 18.2 Å². The van der Waals surface area contributed by atoms with Crippen molar-refractivity contribution in [1.82, 2.24) is 9.73 Å². The van der Waals surface area contributed by atoms with Crippen LogP contribution in [0.15, 0.2) is 82.8 Å². The second-order valence-electron chi connectivity index (χ2n) is 6.66. The van der Waals surface area contributed by atoms with Crippen LogP contribution in [-0.2, 0) is 21.4 Å². The van der Waals surface area contributed by atoms with Crippen molar-refractivity contribution in [2.75, 3.05) is 6.54 Å². The zero-order chi connectivity index (χ0) is 23.1. The number of hydrogen-bond acceptors (Lipinski definition) is 4. The van der Waals surface area contributed by atoms with E-state index in [0.29, 0.717) is 15.6 Å². The molecule has 0 bridgehead atoms. The topological polar surface area (TPSA) is 78.8 Å². The fraction of sp³-hybridized carbons (Fsp3) is 0.0909. The molecule has 0 aliphatic rings. The zero-order valence-electron chi connectivity index (χ0n) is 16.6. The highest BCUT2D eigenvalue weighted by Crippen LogP contribution is 2.21. The average molecular weight is 494 g/mol. The summed E-state index contributed by atoms with van der Waals surface area (Å²) in [5.74, 6) is -1.27. The van der Waals surface area contributed by atoms with Crippen LogP contribution in [0.2, 0.25) is 10.0 Å². The van der Waals surface area contributed by atoms with Crippen LogP contribution in [0.3, 0.4) is 0 Å². The molecule has 0 radical (unpaired) electrons. The summed E-state index contributed by atoms with van der Waals surface area (Å²) in [6.45, 7) is -0.913. The van der Waals surface area contributed by atoms with E-state index in [1.165, 1.54) is 48.7 Å². The van der Waals surface area contributed by atoms with Gasteiger partial charge in [-0.2, -0.15) is 9.41 Å². The molecule has 10 heteroatoms. The molecule has 32 heavy (non-hydrogen) atoms. The minimum absolute atomic E-state index is 0.0734. The fourth-order valence-electron chi connectivity index (χ4n) is 2.72. The smallest absolute Gasteiger partial charge is 0.255 e. The summed E-state index contributed by atoms with van der Waals surface area (Å²) in [6.07, 6.45) is 1.39. The van der Waals surface area contributed by atoms with Crippen molar-refractivity contribution >= 4 is 45.3 Å². The van der Waals surface area contributed by atoms with E-state index in [9.17, 15) is 17.6 Å². The van der Waals surface area contributed by atoms with Crippen LogP contribution in [0.1, 0.15) is 11.1 Å². The second-order valence-corrected chi connectivity index (χ2v) is 9.47. The number of halogens is 3. The van der Waals surface area contributed by atoms with Crippen molar-refractivity contribution in [3.8, 4) is 0 Å². The van der Waals surface area contributed by atoms with Crippen molar-refractivity contribution in [3.63, 3.8) is 0 Å². The molecule has 0 unspecified atom stereocenters.